The third-order valence-corrected chi connectivity index (χ3v) is 4.68. The van der Waals surface area contributed by atoms with E-state index < -0.39 is 6.61 Å². The standard InChI is InChI=1S/C16H22F2N2O/c1-11(12-4-6-13(7-5-12)21-16(17)18)19-14-8-10-20-9-2-3-15(14)20/h4-7,11,14-16,19H,2-3,8-10H2,1H3. The minimum absolute atomic E-state index is 0.212. The predicted octanol–water partition coefficient (Wildman–Crippen LogP) is 3.18. The average Bonchev–Trinajstić information content (AvgIpc) is 3.04. The molecule has 3 atom stereocenters. The smallest absolute Gasteiger partial charge is 0.387 e. The van der Waals surface area contributed by atoms with E-state index in [0.29, 0.717) is 12.1 Å². The van der Waals surface area contributed by atoms with Crippen LogP contribution in [0.3, 0.4) is 0 Å². The summed E-state index contributed by atoms with van der Waals surface area (Å²) in [6, 6.07) is 8.37. The minimum Gasteiger partial charge on any atom is -0.435 e. The molecule has 0 spiro atoms. The van der Waals surface area contributed by atoms with Crippen molar-refractivity contribution in [1.82, 2.24) is 10.2 Å². The maximum atomic E-state index is 12.1. The fraction of sp³-hybridized carbons (Fsp3) is 0.625. The number of alkyl halides is 2. The van der Waals surface area contributed by atoms with Crippen molar-refractivity contribution in [3.05, 3.63) is 29.8 Å². The van der Waals surface area contributed by atoms with Gasteiger partial charge in [0.1, 0.15) is 5.75 Å². The van der Waals surface area contributed by atoms with Gasteiger partial charge in [-0.15, -0.1) is 0 Å². The molecule has 0 aliphatic carbocycles. The molecule has 2 saturated heterocycles. The number of nitrogens with zero attached hydrogens (tertiary/aromatic N) is 1. The van der Waals surface area contributed by atoms with Crippen molar-refractivity contribution in [2.24, 2.45) is 0 Å². The van der Waals surface area contributed by atoms with Gasteiger partial charge in [0, 0.05) is 24.7 Å². The van der Waals surface area contributed by atoms with E-state index in [0.717, 1.165) is 5.56 Å². The summed E-state index contributed by atoms with van der Waals surface area (Å²) in [6.07, 6.45) is 3.78. The third kappa shape index (κ3) is 3.35. The lowest BCUT2D eigenvalue weighted by molar-refractivity contribution is -0.0498. The van der Waals surface area contributed by atoms with Crippen molar-refractivity contribution in [3.63, 3.8) is 0 Å². The Labute approximate surface area is 124 Å². The van der Waals surface area contributed by atoms with Gasteiger partial charge in [-0.2, -0.15) is 8.78 Å². The SMILES string of the molecule is CC(NC1CCN2CCCC12)c1ccc(OC(F)F)cc1. The summed E-state index contributed by atoms with van der Waals surface area (Å²) in [4.78, 5) is 2.57. The van der Waals surface area contributed by atoms with Crippen LogP contribution in [0.2, 0.25) is 0 Å². The van der Waals surface area contributed by atoms with Gasteiger partial charge in [0.15, 0.2) is 0 Å². The van der Waals surface area contributed by atoms with E-state index in [2.05, 4.69) is 21.9 Å². The van der Waals surface area contributed by atoms with E-state index in [1.54, 1.807) is 12.1 Å². The maximum absolute atomic E-state index is 12.1. The summed E-state index contributed by atoms with van der Waals surface area (Å²) < 4.78 is 28.6. The van der Waals surface area contributed by atoms with Gasteiger partial charge in [-0.3, -0.25) is 4.90 Å². The lowest BCUT2D eigenvalue weighted by atomic mass is 10.0. The topological polar surface area (TPSA) is 24.5 Å². The van der Waals surface area contributed by atoms with Crippen LogP contribution in [0, 0.1) is 0 Å². The van der Waals surface area contributed by atoms with Gasteiger partial charge in [-0.1, -0.05) is 12.1 Å². The summed E-state index contributed by atoms with van der Waals surface area (Å²) >= 11 is 0. The molecule has 0 aromatic heterocycles. The van der Waals surface area contributed by atoms with Crippen LogP contribution in [0.4, 0.5) is 8.78 Å². The molecule has 0 saturated carbocycles. The van der Waals surface area contributed by atoms with Crippen LogP contribution < -0.4 is 10.1 Å². The van der Waals surface area contributed by atoms with Crippen molar-refractivity contribution < 1.29 is 13.5 Å². The first-order valence-corrected chi connectivity index (χ1v) is 7.68. The second kappa shape index (κ2) is 6.28. The largest absolute Gasteiger partial charge is 0.435 e. The number of hydrogen-bond acceptors (Lipinski definition) is 3. The van der Waals surface area contributed by atoms with Crippen LogP contribution in [0.5, 0.6) is 5.75 Å². The highest BCUT2D eigenvalue weighted by Gasteiger charge is 2.37. The molecule has 0 amide bonds. The molecule has 3 unspecified atom stereocenters. The van der Waals surface area contributed by atoms with E-state index in [9.17, 15) is 8.78 Å². The fourth-order valence-corrected chi connectivity index (χ4v) is 3.63. The molecule has 3 nitrogen and oxygen atoms in total. The highest BCUT2D eigenvalue weighted by Crippen LogP contribution is 2.29. The lowest BCUT2D eigenvalue weighted by Crippen LogP contribution is -2.40. The zero-order chi connectivity index (χ0) is 14.8. The molecule has 3 rings (SSSR count). The highest BCUT2D eigenvalue weighted by atomic mass is 19.3. The summed E-state index contributed by atoms with van der Waals surface area (Å²) in [5, 5.41) is 3.70. The first-order valence-electron chi connectivity index (χ1n) is 7.68. The van der Waals surface area contributed by atoms with Gasteiger partial charge in [-0.25, -0.2) is 0 Å². The zero-order valence-corrected chi connectivity index (χ0v) is 12.3. The number of rotatable bonds is 5. The van der Waals surface area contributed by atoms with Crippen LogP contribution in [-0.4, -0.2) is 36.7 Å². The molecule has 2 aliphatic heterocycles. The first-order chi connectivity index (χ1) is 10.1. The Balaban J connectivity index is 1.58. The Morgan fingerprint density at radius 2 is 1.95 bits per heavy atom. The first kappa shape index (κ1) is 14.7. The zero-order valence-electron chi connectivity index (χ0n) is 12.3. The number of ether oxygens (including phenoxy) is 1. The summed E-state index contributed by atoms with van der Waals surface area (Å²) in [5.41, 5.74) is 1.10. The van der Waals surface area contributed by atoms with Crippen molar-refractivity contribution in [1.29, 1.82) is 0 Å². The molecule has 1 aromatic rings. The number of nitrogens with one attached hydrogen (secondary N) is 1. The number of hydrogen-bond donors (Lipinski definition) is 1. The third-order valence-electron chi connectivity index (χ3n) is 4.68. The molecule has 116 valence electrons. The summed E-state index contributed by atoms with van der Waals surface area (Å²) in [6.45, 7) is 1.78. The van der Waals surface area contributed by atoms with E-state index >= 15 is 0 Å². The average molecular weight is 296 g/mol. The molecule has 1 N–H and O–H groups in total. The monoisotopic (exact) mass is 296 g/mol. The Hall–Kier alpha value is -1.20. The number of benzene rings is 1. The van der Waals surface area contributed by atoms with Gasteiger partial charge < -0.3 is 10.1 Å². The molecule has 2 heterocycles. The summed E-state index contributed by atoms with van der Waals surface area (Å²) in [7, 11) is 0. The molecule has 0 radical (unpaired) electrons. The maximum Gasteiger partial charge on any atom is 0.387 e. The quantitative estimate of drug-likeness (QED) is 0.903. The fourth-order valence-electron chi connectivity index (χ4n) is 3.63. The van der Waals surface area contributed by atoms with Gasteiger partial charge in [0.05, 0.1) is 0 Å². The molecule has 2 aliphatic rings. The van der Waals surface area contributed by atoms with Gasteiger partial charge >= 0.3 is 6.61 Å². The van der Waals surface area contributed by atoms with E-state index in [1.807, 2.05) is 12.1 Å². The Bertz CT molecular complexity index is 466. The predicted molar refractivity (Wildman–Crippen MR) is 77.6 cm³/mol. The molecular weight excluding hydrogens is 274 g/mol. The van der Waals surface area contributed by atoms with Crippen molar-refractivity contribution in [2.75, 3.05) is 13.1 Å². The van der Waals surface area contributed by atoms with Gasteiger partial charge in [0.25, 0.3) is 0 Å². The molecule has 5 heteroatoms. The van der Waals surface area contributed by atoms with Crippen molar-refractivity contribution in [2.45, 2.75) is 50.9 Å². The van der Waals surface area contributed by atoms with Crippen molar-refractivity contribution in [3.8, 4) is 5.75 Å². The van der Waals surface area contributed by atoms with E-state index in [1.165, 1.54) is 32.4 Å². The molecule has 21 heavy (non-hydrogen) atoms. The summed E-state index contributed by atoms with van der Waals surface area (Å²) in [5.74, 6) is 0.212. The van der Waals surface area contributed by atoms with Crippen LogP contribution in [-0.2, 0) is 0 Å². The molecular formula is C16H22F2N2O. The van der Waals surface area contributed by atoms with Crippen LogP contribution in [0.15, 0.2) is 24.3 Å². The van der Waals surface area contributed by atoms with Crippen LogP contribution in [0.25, 0.3) is 0 Å². The van der Waals surface area contributed by atoms with E-state index in [-0.39, 0.29) is 11.8 Å². The van der Waals surface area contributed by atoms with Crippen LogP contribution in [0.1, 0.15) is 37.8 Å². The molecule has 1 aromatic carbocycles. The molecule has 2 fully saturated rings. The number of fused-ring (bicyclic) bond motifs is 1. The highest BCUT2D eigenvalue weighted by molar-refractivity contribution is 5.29. The Morgan fingerprint density at radius 3 is 2.67 bits per heavy atom. The van der Waals surface area contributed by atoms with E-state index in [4.69, 9.17) is 0 Å². The van der Waals surface area contributed by atoms with Gasteiger partial charge in [-0.05, 0) is 50.4 Å². The second-order valence-corrected chi connectivity index (χ2v) is 5.98. The number of halogens is 2. The van der Waals surface area contributed by atoms with Crippen molar-refractivity contribution >= 4 is 0 Å². The lowest BCUT2D eigenvalue weighted by Gasteiger charge is -2.25. The molecule has 0 bridgehead atoms. The normalized spacial score (nSPS) is 27.0. The Morgan fingerprint density at radius 1 is 1.19 bits per heavy atom. The van der Waals surface area contributed by atoms with Crippen LogP contribution >= 0.6 is 0 Å². The minimum atomic E-state index is -2.77. The van der Waals surface area contributed by atoms with Gasteiger partial charge in [0.2, 0.25) is 0 Å². The second-order valence-electron chi connectivity index (χ2n) is 5.98. The Kier molecular flexibility index (Phi) is 4.40.